The molecule has 0 aromatic heterocycles. The van der Waals surface area contributed by atoms with Gasteiger partial charge < -0.3 is 14.7 Å². The summed E-state index contributed by atoms with van der Waals surface area (Å²) in [6.07, 6.45) is 5.10. The Kier molecular flexibility index (Phi) is 5.61. The van der Waals surface area contributed by atoms with Gasteiger partial charge in [0.25, 0.3) is 5.69 Å². The first-order chi connectivity index (χ1) is 13.1. The first kappa shape index (κ1) is 18.7. The van der Waals surface area contributed by atoms with Crippen LogP contribution in [0.5, 0.6) is 5.75 Å². The molecule has 4 bridgehead atoms. The number of ether oxygens (including phenoxy) is 1. The van der Waals surface area contributed by atoms with Gasteiger partial charge in [0.2, 0.25) is 0 Å². The molecule has 0 saturated carbocycles. The van der Waals surface area contributed by atoms with E-state index in [0.717, 1.165) is 18.8 Å². The number of non-ortho nitro benzene ring substituents is 1. The Hall–Kier alpha value is -1.70. The summed E-state index contributed by atoms with van der Waals surface area (Å²) in [5, 5.41) is 19.9. The molecule has 0 radical (unpaired) electrons. The highest BCUT2D eigenvalue weighted by atomic mass is 16.6. The Morgan fingerprint density at radius 2 is 1.48 bits per heavy atom. The summed E-state index contributed by atoms with van der Waals surface area (Å²) in [4.78, 5) is 15.0. The van der Waals surface area contributed by atoms with Crippen LogP contribution in [-0.2, 0) is 0 Å². The lowest BCUT2D eigenvalue weighted by atomic mass is 9.86. The van der Waals surface area contributed by atoms with Crippen LogP contribution in [0, 0.1) is 22.0 Å². The van der Waals surface area contributed by atoms with E-state index < -0.39 is 4.92 Å². The highest BCUT2D eigenvalue weighted by Crippen LogP contribution is 2.31. The van der Waals surface area contributed by atoms with Crippen LogP contribution in [0.25, 0.3) is 0 Å². The number of nitrogens with zero attached hydrogens (tertiary/aromatic N) is 3. The molecule has 2 unspecified atom stereocenters. The Morgan fingerprint density at radius 3 is 1.85 bits per heavy atom. The number of hydrogen-bond donors (Lipinski definition) is 1. The molecule has 7 nitrogen and oxygen atoms in total. The predicted molar refractivity (Wildman–Crippen MR) is 102 cm³/mol. The number of piperidine rings is 6. The normalized spacial score (nSPS) is 36.6. The molecule has 6 aliphatic heterocycles. The molecule has 6 aliphatic rings. The second-order valence-corrected chi connectivity index (χ2v) is 8.25. The van der Waals surface area contributed by atoms with Gasteiger partial charge in [0, 0.05) is 25.2 Å². The van der Waals surface area contributed by atoms with Crippen molar-refractivity contribution in [3.05, 3.63) is 34.4 Å². The number of rotatable bonds is 3. The molecule has 27 heavy (non-hydrogen) atoms. The molecule has 1 aromatic rings. The van der Waals surface area contributed by atoms with Crippen LogP contribution in [0.15, 0.2) is 24.3 Å². The average molecular weight is 375 g/mol. The average Bonchev–Trinajstić information content (AvgIpc) is 2.71. The second kappa shape index (κ2) is 8.12. The van der Waals surface area contributed by atoms with E-state index in [4.69, 9.17) is 4.74 Å². The van der Waals surface area contributed by atoms with E-state index in [-0.39, 0.29) is 17.9 Å². The fourth-order valence-corrected chi connectivity index (χ4v) is 4.80. The molecule has 0 aliphatic carbocycles. The van der Waals surface area contributed by atoms with Gasteiger partial charge in [-0.15, -0.1) is 0 Å². The summed E-state index contributed by atoms with van der Waals surface area (Å²) < 4.78 is 5.96. The minimum Gasteiger partial charge on any atom is -0.489 e. The molecule has 0 amide bonds. The van der Waals surface area contributed by atoms with E-state index in [1.54, 1.807) is 12.1 Å². The highest BCUT2D eigenvalue weighted by molar-refractivity contribution is 5.36. The Morgan fingerprint density at radius 1 is 0.926 bits per heavy atom. The zero-order valence-electron chi connectivity index (χ0n) is 15.7. The summed E-state index contributed by atoms with van der Waals surface area (Å²) in [5.74, 6) is 2.01. The summed E-state index contributed by atoms with van der Waals surface area (Å²) in [6.45, 7) is 6.74. The van der Waals surface area contributed by atoms with Gasteiger partial charge in [0.05, 0.1) is 11.0 Å². The van der Waals surface area contributed by atoms with E-state index in [1.807, 2.05) is 0 Å². The van der Waals surface area contributed by atoms with E-state index >= 15 is 0 Å². The quantitative estimate of drug-likeness (QED) is 0.644. The van der Waals surface area contributed by atoms with Crippen LogP contribution in [0.2, 0.25) is 0 Å². The number of aliphatic hydroxyl groups excluding tert-OH is 1. The van der Waals surface area contributed by atoms with Gasteiger partial charge in [-0.25, -0.2) is 0 Å². The number of hydrogen-bond acceptors (Lipinski definition) is 6. The van der Waals surface area contributed by atoms with Crippen molar-refractivity contribution in [1.82, 2.24) is 9.80 Å². The minimum absolute atomic E-state index is 0.00694. The van der Waals surface area contributed by atoms with Gasteiger partial charge in [-0.05, 0) is 75.8 Å². The fourth-order valence-electron chi connectivity index (χ4n) is 4.80. The monoisotopic (exact) mass is 375 g/mol. The summed E-state index contributed by atoms with van der Waals surface area (Å²) >= 11 is 0. The van der Waals surface area contributed by atoms with Crippen LogP contribution < -0.4 is 4.74 Å². The molecule has 1 N–H and O–H groups in total. The van der Waals surface area contributed by atoms with E-state index in [9.17, 15) is 15.2 Å². The van der Waals surface area contributed by atoms with Gasteiger partial charge in [0.1, 0.15) is 11.9 Å². The van der Waals surface area contributed by atoms with Crippen LogP contribution in [0.1, 0.15) is 25.7 Å². The summed E-state index contributed by atoms with van der Waals surface area (Å²) in [7, 11) is 0. The second-order valence-electron chi connectivity index (χ2n) is 8.25. The zero-order valence-corrected chi connectivity index (χ0v) is 15.7. The van der Waals surface area contributed by atoms with Crippen molar-refractivity contribution in [2.75, 3.05) is 39.3 Å². The number of aliphatic hydroxyl groups is 1. The number of fused-ring (bicyclic) bond motifs is 6. The lowest BCUT2D eigenvalue weighted by Gasteiger charge is -2.44. The van der Waals surface area contributed by atoms with Crippen LogP contribution >= 0.6 is 0 Å². The van der Waals surface area contributed by atoms with Gasteiger partial charge >= 0.3 is 0 Å². The van der Waals surface area contributed by atoms with E-state index in [2.05, 4.69) is 9.80 Å². The van der Waals surface area contributed by atoms with Crippen molar-refractivity contribution in [1.29, 1.82) is 0 Å². The molecule has 0 spiro atoms. The highest BCUT2D eigenvalue weighted by Gasteiger charge is 2.35. The molecule has 7 heteroatoms. The molecule has 1 aromatic carbocycles. The number of nitro groups is 1. The van der Waals surface area contributed by atoms with Crippen LogP contribution in [0.4, 0.5) is 5.69 Å². The molecule has 6 heterocycles. The summed E-state index contributed by atoms with van der Waals surface area (Å²) in [5.41, 5.74) is 0.108. The number of benzene rings is 1. The van der Waals surface area contributed by atoms with Crippen molar-refractivity contribution in [2.45, 2.75) is 37.9 Å². The third kappa shape index (κ3) is 4.42. The largest absolute Gasteiger partial charge is 0.489 e. The predicted octanol–water partition coefficient (Wildman–Crippen LogP) is 2.14. The van der Waals surface area contributed by atoms with E-state index in [0.29, 0.717) is 11.8 Å². The maximum atomic E-state index is 10.6. The maximum absolute atomic E-state index is 10.6. The third-order valence-corrected chi connectivity index (χ3v) is 6.55. The van der Waals surface area contributed by atoms with Crippen LogP contribution in [0.3, 0.4) is 0 Å². The minimum atomic E-state index is -0.391. The van der Waals surface area contributed by atoms with Gasteiger partial charge in [0.15, 0.2) is 0 Å². The first-order valence-electron chi connectivity index (χ1n) is 10.1. The standard InChI is InChI=1S/C13H16N2O3.C7H13NO/c16-15(17)11-1-3-12(4-2-11)18-13-9-14-7-5-10(13)6-8-14;9-7-5-8-3-1-6(7)2-4-8/h1-4,10,13H,5-9H2;6-7,9H,1-5H2. The van der Waals surface area contributed by atoms with Crippen molar-refractivity contribution < 1.29 is 14.8 Å². The molecule has 2 atom stereocenters. The lowest BCUT2D eigenvalue weighted by molar-refractivity contribution is -0.384. The van der Waals surface area contributed by atoms with Crippen molar-refractivity contribution >= 4 is 5.69 Å². The molecular weight excluding hydrogens is 346 g/mol. The van der Waals surface area contributed by atoms with Crippen molar-refractivity contribution in [3.63, 3.8) is 0 Å². The third-order valence-electron chi connectivity index (χ3n) is 6.55. The molecule has 6 saturated heterocycles. The van der Waals surface area contributed by atoms with Crippen LogP contribution in [-0.4, -0.2) is 71.3 Å². The number of nitro benzene ring substituents is 1. The van der Waals surface area contributed by atoms with Gasteiger partial charge in [-0.2, -0.15) is 0 Å². The molecule has 6 fully saturated rings. The van der Waals surface area contributed by atoms with E-state index in [1.165, 1.54) is 64.0 Å². The van der Waals surface area contributed by atoms with Gasteiger partial charge in [-0.3, -0.25) is 15.0 Å². The van der Waals surface area contributed by atoms with Crippen molar-refractivity contribution in [2.24, 2.45) is 11.8 Å². The Balaban J connectivity index is 0.000000167. The molecular formula is C20H29N3O4. The SMILES string of the molecule is O=[N+]([O-])c1ccc(OC2CN3CCC2CC3)cc1.OC1CN2CCC1CC2. The first-order valence-corrected chi connectivity index (χ1v) is 10.1. The summed E-state index contributed by atoms with van der Waals surface area (Å²) in [6, 6.07) is 6.37. The van der Waals surface area contributed by atoms with Crippen molar-refractivity contribution in [3.8, 4) is 5.75 Å². The smallest absolute Gasteiger partial charge is 0.269 e. The zero-order chi connectivity index (χ0) is 18.8. The molecule has 7 rings (SSSR count). The Bertz CT molecular complexity index is 637. The topological polar surface area (TPSA) is 79.1 Å². The maximum Gasteiger partial charge on any atom is 0.269 e. The fraction of sp³-hybridized carbons (Fsp3) is 0.700. The van der Waals surface area contributed by atoms with Gasteiger partial charge in [-0.1, -0.05) is 0 Å². The Labute approximate surface area is 160 Å². The lowest BCUT2D eigenvalue weighted by Crippen LogP contribution is -2.52. The molecule has 148 valence electrons.